The first-order valence-electron chi connectivity index (χ1n) is 6.42. The van der Waals surface area contributed by atoms with Gasteiger partial charge in [-0.3, -0.25) is 0 Å². The third-order valence-corrected chi connectivity index (χ3v) is 3.80. The number of amides is 1. The molecule has 0 radical (unpaired) electrons. The van der Waals surface area contributed by atoms with E-state index in [0.29, 0.717) is 31.3 Å². The molecule has 2 aromatic rings. The van der Waals surface area contributed by atoms with Gasteiger partial charge in [-0.1, -0.05) is 23.7 Å². The van der Waals surface area contributed by atoms with Crippen LogP contribution in [0.3, 0.4) is 0 Å². The molecule has 5 nitrogen and oxygen atoms in total. The molecule has 1 aliphatic rings. The maximum Gasteiger partial charge on any atom is 0.407 e. The van der Waals surface area contributed by atoms with Crippen LogP contribution in [0.15, 0.2) is 30.5 Å². The highest BCUT2D eigenvalue weighted by molar-refractivity contribution is 6.30. The number of carboxylic acid groups (broad SMARTS) is 1. The number of benzene rings is 1. The van der Waals surface area contributed by atoms with Crippen LogP contribution in [0.2, 0.25) is 5.15 Å². The lowest BCUT2D eigenvalue weighted by atomic mass is 10.1. The number of piperazine rings is 1. The fraction of sp³-hybridized carbons (Fsp3) is 0.286. The monoisotopic (exact) mass is 291 g/mol. The van der Waals surface area contributed by atoms with Gasteiger partial charge < -0.3 is 14.9 Å². The first-order chi connectivity index (χ1) is 9.65. The van der Waals surface area contributed by atoms with E-state index >= 15 is 0 Å². The van der Waals surface area contributed by atoms with Gasteiger partial charge in [0, 0.05) is 48.8 Å². The second-order valence-electron chi connectivity index (χ2n) is 4.76. The van der Waals surface area contributed by atoms with Gasteiger partial charge >= 0.3 is 6.09 Å². The first kappa shape index (κ1) is 13.0. The average Bonchev–Trinajstić information content (AvgIpc) is 2.46. The molecule has 0 atom stereocenters. The molecule has 0 bridgehead atoms. The molecular weight excluding hydrogens is 278 g/mol. The Morgan fingerprint density at radius 1 is 1.25 bits per heavy atom. The van der Waals surface area contributed by atoms with Crippen LogP contribution in [0.25, 0.3) is 10.8 Å². The molecule has 1 aromatic carbocycles. The maximum absolute atomic E-state index is 10.9. The Bertz CT molecular complexity index is 654. The lowest BCUT2D eigenvalue weighted by Crippen LogP contribution is -2.48. The summed E-state index contributed by atoms with van der Waals surface area (Å²) in [5, 5.41) is 11.5. The van der Waals surface area contributed by atoms with Crippen LogP contribution in [0.5, 0.6) is 0 Å². The van der Waals surface area contributed by atoms with Crippen molar-refractivity contribution >= 4 is 34.2 Å². The highest BCUT2D eigenvalue weighted by Crippen LogP contribution is 2.28. The SMILES string of the molecule is O=C(O)N1CCN(c2cccc3cnc(Cl)cc23)CC1. The number of hydrogen-bond acceptors (Lipinski definition) is 3. The molecule has 1 aliphatic heterocycles. The van der Waals surface area contributed by atoms with E-state index in [0.717, 1.165) is 16.5 Å². The Kier molecular flexibility index (Phi) is 3.36. The number of hydrogen-bond donors (Lipinski definition) is 1. The van der Waals surface area contributed by atoms with Crippen LogP contribution >= 0.6 is 11.6 Å². The summed E-state index contributed by atoms with van der Waals surface area (Å²) >= 11 is 5.98. The number of anilines is 1. The minimum Gasteiger partial charge on any atom is -0.465 e. The van der Waals surface area contributed by atoms with Crippen molar-refractivity contribution in [3.05, 3.63) is 35.6 Å². The van der Waals surface area contributed by atoms with Gasteiger partial charge in [-0.15, -0.1) is 0 Å². The molecule has 0 unspecified atom stereocenters. The van der Waals surface area contributed by atoms with Gasteiger partial charge in [0.15, 0.2) is 0 Å². The minimum absolute atomic E-state index is 0.467. The lowest BCUT2D eigenvalue weighted by molar-refractivity contribution is 0.142. The third-order valence-electron chi connectivity index (χ3n) is 3.60. The molecular formula is C14H14ClN3O2. The molecule has 1 N–H and O–H groups in total. The van der Waals surface area contributed by atoms with Crippen molar-refractivity contribution in [3.8, 4) is 0 Å². The van der Waals surface area contributed by atoms with Gasteiger partial charge in [-0.05, 0) is 12.1 Å². The van der Waals surface area contributed by atoms with Crippen molar-refractivity contribution < 1.29 is 9.90 Å². The Labute approximate surface area is 121 Å². The maximum atomic E-state index is 10.9. The highest BCUT2D eigenvalue weighted by atomic mass is 35.5. The van der Waals surface area contributed by atoms with Gasteiger partial charge in [0.05, 0.1) is 0 Å². The zero-order chi connectivity index (χ0) is 14.1. The molecule has 6 heteroatoms. The highest BCUT2D eigenvalue weighted by Gasteiger charge is 2.21. The number of pyridine rings is 1. The third kappa shape index (κ3) is 2.36. The van der Waals surface area contributed by atoms with Gasteiger partial charge in [-0.2, -0.15) is 0 Å². The van der Waals surface area contributed by atoms with Gasteiger partial charge in [0.25, 0.3) is 0 Å². The summed E-state index contributed by atoms with van der Waals surface area (Å²) in [5.41, 5.74) is 1.08. The van der Waals surface area contributed by atoms with Crippen LogP contribution in [0.4, 0.5) is 10.5 Å². The van der Waals surface area contributed by atoms with Crippen LogP contribution in [0.1, 0.15) is 0 Å². The molecule has 0 aliphatic carbocycles. The Morgan fingerprint density at radius 3 is 2.70 bits per heavy atom. The molecule has 3 rings (SSSR count). The minimum atomic E-state index is -0.852. The Balaban J connectivity index is 1.91. The quantitative estimate of drug-likeness (QED) is 0.821. The van der Waals surface area contributed by atoms with Crippen molar-refractivity contribution in [2.45, 2.75) is 0 Å². The zero-order valence-corrected chi connectivity index (χ0v) is 11.5. The molecule has 20 heavy (non-hydrogen) atoms. The van der Waals surface area contributed by atoms with Crippen LogP contribution in [-0.4, -0.2) is 47.3 Å². The van der Waals surface area contributed by atoms with Crippen LogP contribution in [0, 0.1) is 0 Å². The Morgan fingerprint density at radius 2 is 2.00 bits per heavy atom. The van der Waals surface area contributed by atoms with Gasteiger partial charge in [0.2, 0.25) is 0 Å². The van der Waals surface area contributed by atoms with Crippen LogP contribution < -0.4 is 4.90 Å². The number of nitrogens with zero attached hydrogens (tertiary/aromatic N) is 3. The number of halogens is 1. The van der Waals surface area contributed by atoms with Crippen molar-refractivity contribution in [1.82, 2.24) is 9.88 Å². The van der Waals surface area contributed by atoms with E-state index in [1.165, 1.54) is 4.90 Å². The average molecular weight is 292 g/mol. The molecule has 0 spiro atoms. The number of rotatable bonds is 1. The summed E-state index contributed by atoms with van der Waals surface area (Å²) < 4.78 is 0. The van der Waals surface area contributed by atoms with E-state index in [4.69, 9.17) is 16.7 Å². The summed E-state index contributed by atoms with van der Waals surface area (Å²) in [6, 6.07) is 7.87. The van der Waals surface area contributed by atoms with Gasteiger partial charge in [0.1, 0.15) is 5.15 Å². The van der Waals surface area contributed by atoms with E-state index in [2.05, 4.69) is 9.88 Å². The smallest absolute Gasteiger partial charge is 0.407 e. The fourth-order valence-electron chi connectivity index (χ4n) is 2.54. The van der Waals surface area contributed by atoms with E-state index in [1.807, 2.05) is 24.3 Å². The summed E-state index contributed by atoms with van der Waals surface area (Å²) in [6.07, 6.45) is 0.907. The second kappa shape index (κ2) is 5.17. The summed E-state index contributed by atoms with van der Waals surface area (Å²) in [5.74, 6) is 0. The topological polar surface area (TPSA) is 56.7 Å². The fourth-order valence-corrected chi connectivity index (χ4v) is 2.70. The largest absolute Gasteiger partial charge is 0.465 e. The normalized spacial score (nSPS) is 15.7. The number of aromatic nitrogens is 1. The predicted octanol–water partition coefficient (Wildman–Crippen LogP) is 2.69. The van der Waals surface area contributed by atoms with Crippen molar-refractivity contribution in [2.24, 2.45) is 0 Å². The molecule has 0 saturated carbocycles. The lowest BCUT2D eigenvalue weighted by Gasteiger charge is -2.35. The van der Waals surface area contributed by atoms with E-state index in [-0.39, 0.29) is 0 Å². The van der Waals surface area contributed by atoms with Crippen molar-refractivity contribution in [3.63, 3.8) is 0 Å². The zero-order valence-electron chi connectivity index (χ0n) is 10.8. The van der Waals surface area contributed by atoms with Crippen molar-refractivity contribution in [2.75, 3.05) is 31.1 Å². The summed E-state index contributed by atoms with van der Waals surface area (Å²) in [6.45, 7) is 2.41. The standard InChI is InChI=1S/C14H14ClN3O2/c15-13-8-11-10(9-16-13)2-1-3-12(11)17-4-6-18(7-5-17)14(19)20/h1-3,8-9H,4-7H2,(H,19,20). The predicted molar refractivity (Wildman–Crippen MR) is 78.6 cm³/mol. The van der Waals surface area contributed by atoms with E-state index in [1.54, 1.807) is 6.20 Å². The van der Waals surface area contributed by atoms with Gasteiger partial charge in [-0.25, -0.2) is 9.78 Å². The van der Waals surface area contributed by atoms with Crippen LogP contribution in [-0.2, 0) is 0 Å². The second-order valence-corrected chi connectivity index (χ2v) is 5.15. The van der Waals surface area contributed by atoms with Crippen molar-refractivity contribution in [1.29, 1.82) is 0 Å². The summed E-state index contributed by atoms with van der Waals surface area (Å²) in [7, 11) is 0. The molecule has 1 fully saturated rings. The molecule has 1 amide bonds. The molecule has 1 aromatic heterocycles. The Hall–Kier alpha value is -2.01. The molecule has 2 heterocycles. The number of carbonyl (C=O) groups is 1. The van der Waals surface area contributed by atoms with E-state index < -0.39 is 6.09 Å². The molecule has 104 valence electrons. The first-order valence-corrected chi connectivity index (χ1v) is 6.80. The van der Waals surface area contributed by atoms with E-state index in [9.17, 15) is 4.79 Å². The number of fused-ring (bicyclic) bond motifs is 1. The summed E-state index contributed by atoms with van der Waals surface area (Å²) in [4.78, 5) is 18.7. The molecule has 1 saturated heterocycles.